The van der Waals surface area contributed by atoms with Crippen LogP contribution in [0.1, 0.15) is 0 Å². The fraction of sp³-hybridized carbons (Fsp3) is 0.300. The lowest BCUT2D eigenvalue weighted by Gasteiger charge is -2.06. The highest BCUT2D eigenvalue weighted by Gasteiger charge is 2.12. The van der Waals surface area contributed by atoms with Gasteiger partial charge < -0.3 is 4.74 Å². The molecule has 2 heterocycles. The quantitative estimate of drug-likeness (QED) is 0.881. The number of nitrogens with zero attached hydrogens (tertiary/aromatic N) is 3. The average Bonchev–Trinajstić information content (AvgIpc) is 2.69. The van der Waals surface area contributed by atoms with Crippen LogP contribution in [0.2, 0.25) is 0 Å². The summed E-state index contributed by atoms with van der Waals surface area (Å²) in [6.07, 6.45) is 1.72. The Balaban J connectivity index is 2.46. The normalized spacial score (nSPS) is 10.7. The standard InChI is InChI=1S/C10H11BrN4OS/c1-16-6-5-15-9(13-14-10(15)17)8-7(11)3-2-4-12-8/h2-4H,5-6H2,1H3,(H,14,17). The molecule has 0 bridgehead atoms. The molecule has 0 saturated carbocycles. The van der Waals surface area contributed by atoms with Crippen LogP contribution < -0.4 is 0 Å². The van der Waals surface area contributed by atoms with Gasteiger partial charge in [0.25, 0.3) is 0 Å². The first-order valence-electron chi connectivity index (χ1n) is 4.99. The molecule has 17 heavy (non-hydrogen) atoms. The van der Waals surface area contributed by atoms with Crippen molar-refractivity contribution in [3.8, 4) is 11.5 Å². The zero-order chi connectivity index (χ0) is 12.3. The van der Waals surface area contributed by atoms with Crippen LogP contribution >= 0.6 is 28.1 Å². The molecule has 2 aromatic rings. The van der Waals surface area contributed by atoms with Gasteiger partial charge in [-0.15, -0.1) is 0 Å². The van der Waals surface area contributed by atoms with Crippen molar-refractivity contribution in [1.82, 2.24) is 19.7 Å². The maximum absolute atomic E-state index is 5.18. The highest BCUT2D eigenvalue weighted by atomic mass is 79.9. The van der Waals surface area contributed by atoms with Crippen molar-refractivity contribution in [2.75, 3.05) is 13.7 Å². The van der Waals surface area contributed by atoms with Crippen LogP contribution in [0.5, 0.6) is 0 Å². The van der Waals surface area contributed by atoms with E-state index in [1.54, 1.807) is 13.3 Å². The van der Waals surface area contributed by atoms with E-state index < -0.39 is 0 Å². The first kappa shape index (κ1) is 12.4. The van der Waals surface area contributed by atoms with Crippen molar-refractivity contribution < 1.29 is 4.74 Å². The Labute approximate surface area is 112 Å². The van der Waals surface area contributed by atoms with Gasteiger partial charge in [-0.25, -0.2) is 0 Å². The molecule has 0 amide bonds. The lowest BCUT2D eigenvalue weighted by Crippen LogP contribution is -2.07. The van der Waals surface area contributed by atoms with Crippen molar-refractivity contribution in [1.29, 1.82) is 0 Å². The molecule has 0 saturated heterocycles. The highest BCUT2D eigenvalue weighted by molar-refractivity contribution is 9.10. The molecule has 0 radical (unpaired) electrons. The van der Waals surface area contributed by atoms with Gasteiger partial charge in [0.15, 0.2) is 10.6 Å². The van der Waals surface area contributed by atoms with Crippen molar-refractivity contribution in [2.45, 2.75) is 6.54 Å². The maximum Gasteiger partial charge on any atom is 0.195 e. The Morgan fingerprint density at radius 2 is 2.41 bits per heavy atom. The maximum atomic E-state index is 5.18. The van der Waals surface area contributed by atoms with Crippen molar-refractivity contribution in [2.24, 2.45) is 0 Å². The minimum Gasteiger partial charge on any atom is -0.383 e. The van der Waals surface area contributed by atoms with E-state index in [1.165, 1.54) is 0 Å². The van der Waals surface area contributed by atoms with Gasteiger partial charge in [0, 0.05) is 17.8 Å². The molecule has 0 aromatic carbocycles. The second-order valence-corrected chi connectivity index (χ2v) is 4.57. The van der Waals surface area contributed by atoms with Crippen LogP contribution in [0.15, 0.2) is 22.8 Å². The Bertz CT molecular complexity index is 565. The molecule has 1 N–H and O–H groups in total. The number of methoxy groups -OCH3 is 1. The summed E-state index contributed by atoms with van der Waals surface area (Å²) in [6, 6.07) is 3.77. The highest BCUT2D eigenvalue weighted by Crippen LogP contribution is 2.23. The van der Waals surface area contributed by atoms with E-state index in [2.05, 4.69) is 31.1 Å². The number of ether oxygens (including phenoxy) is 1. The molecule has 90 valence electrons. The van der Waals surface area contributed by atoms with Gasteiger partial charge in [-0.1, -0.05) is 0 Å². The molecule has 7 heteroatoms. The second-order valence-electron chi connectivity index (χ2n) is 3.33. The topological polar surface area (TPSA) is 55.7 Å². The fourth-order valence-electron chi connectivity index (χ4n) is 1.44. The summed E-state index contributed by atoms with van der Waals surface area (Å²) in [5.41, 5.74) is 0.760. The predicted octanol–water partition coefficient (Wildman–Crippen LogP) is 2.41. The van der Waals surface area contributed by atoms with Gasteiger partial charge in [-0.05, 0) is 40.3 Å². The molecule has 0 unspecified atom stereocenters. The van der Waals surface area contributed by atoms with Gasteiger partial charge in [0.1, 0.15) is 5.69 Å². The Hall–Kier alpha value is -1.05. The first-order valence-corrected chi connectivity index (χ1v) is 6.19. The van der Waals surface area contributed by atoms with Gasteiger partial charge in [-0.2, -0.15) is 5.10 Å². The summed E-state index contributed by atoms with van der Waals surface area (Å²) in [5, 5.41) is 6.97. The van der Waals surface area contributed by atoms with Gasteiger partial charge in [-0.3, -0.25) is 14.6 Å². The molecule has 0 aliphatic carbocycles. The van der Waals surface area contributed by atoms with Crippen LogP contribution in [-0.2, 0) is 11.3 Å². The van der Waals surface area contributed by atoms with E-state index in [1.807, 2.05) is 16.7 Å². The van der Waals surface area contributed by atoms with E-state index in [4.69, 9.17) is 17.0 Å². The van der Waals surface area contributed by atoms with Crippen LogP contribution in [0, 0.1) is 4.77 Å². The van der Waals surface area contributed by atoms with Gasteiger partial charge in [0.2, 0.25) is 0 Å². The molecule has 0 spiro atoms. The number of H-pyrrole nitrogens is 1. The number of nitrogens with one attached hydrogen (secondary N) is 1. The number of halogens is 1. The Kier molecular flexibility index (Phi) is 4.03. The average molecular weight is 315 g/mol. The van der Waals surface area contributed by atoms with E-state index in [0.717, 1.165) is 10.2 Å². The van der Waals surface area contributed by atoms with E-state index in [-0.39, 0.29) is 0 Å². The molecule has 2 aromatic heterocycles. The third kappa shape index (κ3) is 2.62. The van der Waals surface area contributed by atoms with Crippen LogP contribution in [0.4, 0.5) is 0 Å². The van der Waals surface area contributed by atoms with Crippen LogP contribution in [-0.4, -0.2) is 33.5 Å². The smallest absolute Gasteiger partial charge is 0.195 e. The van der Waals surface area contributed by atoms with E-state index >= 15 is 0 Å². The molecule has 0 aliphatic heterocycles. The second kappa shape index (κ2) is 5.52. The van der Waals surface area contributed by atoms with Crippen molar-refractivity contribution in [3.63, 3.8) is 0 Å². The summed E-state index contributed by atoms with van der Waals surface area (Å²) in [5.74, 6) is 0.708. The number of hydrogen-bond donors (Lipinski definition) is 1. The Morgan fingerprint density at radius 3 is 3.12 bits per heavy atom. The fourth-order valence-corrected chi connectivity index (χ4v) is 2.09. The summed E-state index contributed by atoms with van der Waals surface area (Å²) in [6.45, 7) is 1.22. The third-order valence-electron chi connectivity index (χ3n) is 2.25. The number of aromatic nitrogens is 4. The first-order chi connectivity index (χ1) is 8.24. The third-order valence-corrected chi connectivity index (χ3v) is 3.20. The number of pyridine rings is 1. The zero-order valence-electron chi connectivity index (χ0n) is 9.18. The molecular formula is C10H11BrN4OS. The number of hydrogen-bond acceptors (Lipinski definition) is 4. The van der Waals surface area contributed by atoms with E-state index in [0.29, 0.717) is 23.7 Å². The largest absolute Gasteiger partial charge is 0.383 e. The predicted molar refractivity (Wildman–Crippen MR) is 70.2 cm³/mol. The summed E-state index contributed by atoms with van der Waals surface area (Å²) >= 11 is 8.63. The summed E-state index contributed by atoms with van der Waals surface area (Å²) in [4.78, 5) is 4.29. The van der Waals surface area contributed by atoms with Crippen LogP contribution in [0.3, 0.4) is 0 Å². The zero-order valence-corrected chi connectivity index (χ0v) is 11.6. The summed E-state index contributed by atoms with van der Waals surface area (Å²) < 4.78 is 8.36. The SMILES string of the molecule is COCCn1c(-c2ncccc2Br)n[nH]c1=S. The lowest BCUT2D eigenvalue weighted by atomic mass is 10.3. The van der Waals surface area contributed by atoms with Gasteiger partial charge >= 0.3 is 0 Å². The van der Waals surface area contributed by atoms with Gasteiger partial charge in [0.05, 0.1) is 13.2 Å². The molecule has 0 atom stereocenters. The van der Waals surface area contributed by atoms with E-state index in [9.17, 15) is 0 Å². The minimum atomic E-state index is 0.564. The van der Waals surface area contributed by atoms with Crippen molar-refractivity contribution in [3.05, 3.63) is 27.6 Å². The monoisotopic (exact) mass is 314 g/mol. The minimum absolute atomic E-state index is 0.564. The lowest BCUT2D eigenvalue weighted by molar-refractivity contribution is 0.187. The molecule has 0 fully saturated rings. The summed E-state index contributed by atoms with van der Waals surface area (Å²) in [7, 11) is 1.65. The number of aromatic amines is 1. The number of rotatable bonds is 4. The van der Waals surface area contributed by atoms with Crippen LogP contribution in [0.25, 0.3) is 11.5 Å². The molecular weight excluding hydrogens is 304 g/mol. The Morgan fingerprint density at radius 1 is 1.59 bits per heavy atom. The van der Waals surface area contributed by atoms with Crippen molar-refractivity contribution >= 4 is 28.1 Å². The molecule has 0 aliphatic rings. The molecule has 5 nitrogen and oxygen atoms in total. The molecule has 2 rings (SSSR count).